The van der Waals surface area contributed by atoms with Crippen LogP contribution in [0.2, 0.25) is 0 Å². The van der Waals surface area contributed by atoms with Crippen molar-refractivity contribution in [3.63, 3.8) is 0 Å². The number of carboxylic acids is 1. The van der Waals surface area contributed by atoms with Crippen LogP contribution in [0.3, 0.4) is 0 Å². The lowest BCUT2D eigenvalue weighted by molar-refractivity contribution is -0.140. The van der Waals surface area contributed by atoms with Crippen LogP contribution in [0.25, 0.3) is 22.6 Å². The van der Waals surface area contributed by atoms with Crippen molar-refractivity contribution in [2.75, 3.05) is 11.4 Å². The number of amides is 1. The number of ether oxygens (including phenoxy) is 1. The number of aromatic nitrogens is 1. The smallest absolute Gasteiger partial charge is 0.323 e. The zero-order chi connectivity index (χ0) is 37.3. The third-order valence-electron chi connectivity index (χ3n) is 9.99. The van der Waals surface area contributed by atoms with E-state index in [1.165, 1.54) is 10.1 Å². The molecule has 1 saturated heterocycles. The van der Waals surface area contributed by atoms with E-state index in [1.807, 2.05) is 18.2 Å². The minimum atomic E-state index is -1.21. The van der Waals surface area contributed by atoms with Crippen LogP contribution in [0.5, 0.6) is 0 Å². The molecule has 9 nitrogen and oxygen atoms in total. The van der Waals surface area contributed by atoms with Crippen LogP contribution < -0.4 is 19.7 Å². The molecule has 1 N–H and O–H groups in total. The Balaban J connectivity index is 1.14. The topological polar surface area (TPSA) is 109 Å². The van der Waals surface area contributed by atoms with Gasteiger partial charge in [0.2, 0.25) is 0 Å². The van der Waals surface area contributed by atoms with Gasteiger partial charge < -0.3 is 14.7 Å². The third-order valence-corrected chi connectivity index (χ3v) is 12.7. The summed E-state index contributed by atoms with van der Waals surface area (Å²) in [5.41, 5.74) is 8.51. The molecule has 1 saturated carbocycles. The number of benzene rings is 4. The first-order chi connectivity index (χ1) is 26.3. The summed E-state index contributed by atoms with van der Waals surface area (Å²) in [5, 5.41) is 9.27. The Morgan fingerprint density at radius 3 is 2.26 bits per heavy atom. The molecule has 1 amide bonds. The second-order valence-electron chi connectivity index (χ2n) is 13.2. The van der Waals surface area contributed by atoms with E-state index >= 15 is 0 Å². The van der Waals surface area contributed by atoms with Gasteiger partial charge in [0.15, 0.2) is 6.73 Å². The molecule has 3 aliphatic rings. The molecular weight excluding hydrogens is 739 g/mol. The van der Waals surface area contributed by atoms with Crippen molar-refractivity contribution in [3.05, 3.63) is 150 Å². The van der Waals surface area contributed by atoms with E-state index in [1.54, 1.807) is 6.08 Å². The first kappa shape index (κ1) is 35.5. The van der Waals surface area contributed by atoms with Crippen molar-refractivity contribution in [2.24, 2.45) is 0 Å². The largest absolute Gasteiger partial charge is 0.480 e. The van der Waals surface area contributed by atoms with Crippen molar-refractivity contribution in [2.45, 2.75) is 38.0 Å². The highest BCUT2D eigenvalue weighted by atomic mass is 32.2. The van der Waals surface area contributed by atoms with Crippen LogP contribution in [0, 0.1) is 0 Å². The Hall–Kier alpha value is -5.56. The number of rotatable bonds is 10. The van der Waals surface area contributed by atoms with Crippen LogP contribution >= 0.6 is 35.3 Å². The lowest BCUT2D eigenvalue weighted by atomic mass is 9.95. The molecule has 1 aromatic heterocycles. The van der Waals surface area contributed by atoms with E-state index in [-0.39, 0.29) is 20.4 Å². The Morgan fingerprint density at radius 2 is 1.59 bits per heavy atom. The number of thiazole rings is 1. The first-order valence-corrected chi connectivity index (χ1v) is 19.5. The van der Waals surface area contributed by atoms with Crippen LogP contribution in [0.1, 0.15) is 53.0 Å². The van der Waals surface area contributed by atoms with Crippen LogP contribution in [-0.2, 0) is 25.9 Å². The molecule has 4 aromatic carbocycles. The average Bonchev–Trinajstić information content (AvgIpc) is 3.93. The summed E-state index contributed by atoms with van der Waals surface area (Å²) in [4.78, 5) is 52.9. The van der Waals surface area contributed by atoms with Gasteiger partial charge in [0, 0.05) is 23.3 Å². The fourth-order valence-corrected chi connectivity index (χ4v) is 10.1. The highest BCUT2D eigenvalue weighted by Gasteiger charge is 2.42. The zero-order valence-electron chi connectivity index (χ0n) is 28.8. The van der Waals surface area contributed by atoms with Gasteiger partial charge in [-0.3, -0.25) is 28.6 Å². The molecule has 2 atom stereocenters. The molecule has 0 radical (unpaired) electrons. The molecule has 2 unspecified atom stereocenters. The summed E-state index contributed by atoms with van der Waals surface area (Å²) in [7, 11) is 0. The number of fused-ring (bicyclic) bond motifs is 3. The number of carbonyl (C=O) groups is 3. The van der Waals surface area contributed by atoms with Gasteiger partial charge in [-0.25, -0.2) is 0 Å². The van der Waals surface area contributed by atoms with E-state index < -0.39 is 30.7 Å². The van der Waals surface area contributed by atoms with Gasteiger partial charge in [0.25, 0.3) is 17.9 Å². The highest BCUT2D eigenvalue weighted by molar-refractivity contribution is 8.30. The van der Waals surface area contributed by atoms with Gasteiger partial charge >= 0.3 is 5.97 Å². The predicted molar refractivity (Wildman–Crippen MR) is 217 cm³/mol. The van der Waals surface area contributed by atoms with E-state index in [9.17, 15) is 24.3 Å². The van der Waals surface area contributed by atoms with Gasteiger partial charge in [-0.2, -0.15) is 0 Å². The Morgan fingerprint density at radius 1 is 0.907 bits per heavy atom. The van der Waals surface area contributed by atoms with Crippen molar-refractivity contribution in [1.82, 2.24) is 9.47 Å². The second kappa shape index (κ2) is 15.1. The molecule has 1 aliphatic carbocycles. The summed E-state index contributed by atoms with van der Waals surface area (Å²) in [5.74, 6) is -1.47. The van der Waals surface area contributed by atoms with E-state index in [0.717, 1.165) is 86.5 Å². The van der Waals surface area contributed by atoms with Crippen molar-refractivity contribution >= 4 is 92.0 Å². The zero-order valence-corrected chi connectivity index (χ0v) is 31.2. The maximum absolute atomic E-state index is 13.7. The van der Waals surface area contributed by atoms with Gasteiger partial charge in [-0.15, -0.1) is 11.3 Å². The number of hydrogen-bond acceptors (Lipinski definition) is 9. The minimum absolute atomic E-state index is 0.0798. The number of anilines is 2. The standard InChI is InChI=1S/C42H33N3O6S3/c46-25-51-24-44-39(49)36(53-41(44)38-40(50)43(23-37(47)48)42(52)54-38)22-27-16-19-35-33(21-27)31-12-7-13-34(31)45(35)30-17-14-26(15-18-30)20-32(28-8-3-1-4-9-28)29-10-5-2-6-11-29/h1-6,8-11,14-22,25,31,34H,7,12-13,23-24H2,(H,47,48)/b36-22?,41-38+. The molecule has 270 valence electrons. The molecule has 0 spiro atoms. The van der Waals surface area contributed by atoms with Gasteiger partial charge in [-0.1, -0.05) is 109 Å². The summed E-state index contributed by atoms with van der Waals surface area (Å²) >= 11 is 7.28. The fourth-order valence-electron chi connectivity index (χ4n) is 7.63. The van der Waals surface area contributed by atoms with Crippen LogP contribution in [0.15, 0.2) is 108 Å². The Kier molecular flexibility index (Phi) is 9.89. The van der Waals surface area contributed by atoms with Crippen molar-refractivity contribution in [3.8, 4) is 0 Å². The summed E-state index contributed by atoms with van der Waals surface area (Å²) in [6, 6.07) is 36.2. The molecule has 8 rings (SSSR count). The van der Waals surface area contributed by atoms with Crippen molar-refractivity contribution < 1.29 is 24.2 Å². The average molecular weight is 772 g/mol. The number of hydrogen-bond donors (Lipinski definition) is 1. The molecule has 0 bridgehead atoms. The number of carboxylic acid groups (broad SMARTS) is 1. The minimum Gasteiger partial charge on any atom is -0.480 e. The monoisotopic (exact) mass is 771 g/mol. The summed E-state index contributed by atoms with van der Waals surface area (Å²) in [6.45, 7) is -0.761. The Labute approximate surface area is 324 Å². The van der Waals surface area contributed by atoms with Gasteiger partial charge in [0.1, 0.15) is 20.4 Å². The molecule has 5 aromatic rings. The molecule has 2 aliphatic heterocycles. The van der Waals surface area contributed by atoms with Crippen LogP contribution in [0.4, 0.5) is 11.4 Å². The molecule has 2 fully saturated rings. The maximum Gasteiger partial charge on any atom is 0.323 e. The maximum atomic E-state index is 13.7. The predicted octanol–water partition coefficient (Wildman–Crippen LogP) is 6.30. The lowest BCUT2D eigenvalue weighted by Gasteiger charge is -2.27. The van der Waals surface area contributed by atoms with Crippen molar-refractivity contribution in [1.29, 1.82) is 0 Å². The molecule has 54 heavy (non-hydrogen) atoms. The summed E-state index contributed by atoms with van der Waals surface area (Å²) < 4.78 is 6.82. The van der Waals surface area contributed by atoms with Crippen LogP contribution in [-0.4, -0.2) is 49.8 Å². The van der Waals surface area contributed by atoms with E-state index in [4.69, 9.17) is 17.0 Å². The van der Waals surface area contributed by atoms with E-state index in [0.29, 0.717) is 16.5 Å². The van der Waals surface area contributed by atoms with Gasteiger partial charge in [-0.05, 0) is 82.6 Å². The first-order valence-electron chi connectivity index (χ1n) is 17.4. The summed E-state index contributed by atoms with van der Waals surface area (Å²) in [6.07, 6.45) is 7.30. The fraction of sp³-hybridized carbons (Fsp3) is 0.167. The lowest BCUT2D eigenvalue weighted by Crippen LogP contribution is -2.36. The molecule has 3 heterocycles. The number of thioether (sulfide) groups is 1. The van der Waals surface area contributed by atoms with E-state index in [2.05, 4.69) is 95.9 Å². The second-order valence-corrected chi connectivity index (χ2v) is 15.9. The number of thiocarbonyl (C=S) groups is 1. The quantitative estimate of drug-likeness (QED) is 0.0995. The SMILES string of the molecule is O=COCn1c(=O)c(=Cc2ccc3c(c2)C2CCCC2N3c2ccc(C=C(c3ccccc3)c3ccccc3)cc2)s/c1=C1/SC(=S)N(CC(=O)O)C1=O. The normalized spacial score (nSPS) is 18.9. The Bertz CT molecular complexity index is 2470. The van der Waals surface area contributed by atoms with Gasteiger partial charge in [0.05, 0.1) is 4.53 Å². The number of aliphatic carboxylic acids is 1. The molecule has 12 heteroatoms. The third kappa shape index (κ3) is 6.72. The highest BCUT2D eigenvalue weighted by Crippen LogP contribution is 2.52. The number of carbonyl (C=O) groups excluding carboxylic acids is 2. The number of nitrogens with zero attached hydrogens (tertiary/aromatic N) is 3. The molecular formula is C42H33N3O6S3.